The van der Waals surface area contributed by atoms with Crippen LogP contribution in [-0.4, -0.2) is 16.1 Å². The maximum absolute atomic E-state index is 6.41. The van der Waals surface area contributed by atoms with Crippen molar-refractivity contribution in [3.05, 3.63) is 164 Å². The third kappa shape index (κ3) is 4.38. The van der Waals surface area contributed by atoms with Crippen LogP contribution in [0.4, 0.5) is 17.1 Å². The molecule has 8 aromatic carbocycles. The van der Waals surface area contributed by atoms with Gasteiger partial charge in [-0.15, -0.1) is 0 Å². The van der Waals surface area contributed by atoms with E-state index >= 15 is 0 Å². The van der Waals surface area contributed by atoms with Gasteiger partial charge in [0.15, 0.2) is 0 Å². The lowest BCUT2D eigenvalue weighted by molar-refractivity contribution is 0.669. The van der Waals surface area contributed by atoms with E-state index < -0.39 is 16.1 Å². The standard InChI is InChI=1S/C50H39NOSi2/c1-53(2)46-28-27-44-48(40-18-7-9-21-43(40)52-44)49(46)41-26-25-37(31-47(41)53)51(42-20-12-19-39-38-17-8-10-22-45(38)54(3,4)50(39)42)36-16-11-15-34(30-36)35-24-23-32-13-5-6-14-33(32)29-35/h5-31H,1-4H3. The van der Waals surface area contributed by atoms with Crippen molar-refractivity contribution in [3.8, 4) is 33.4 Å². The first-order valence-electron chi connectivity index (χ1n) is 19.0. The molecule has 54 heavy (non-hydrogen) atoms. The molecule has 0 atom stereocenters. The zero-order valence-electron chi connectivity index (χ0n) is 30.9. The first-order valence-corrected chi connectivity index (χ1v) is 25.0. The third-order valence-electron chi connectivity index (χ3n) is 12.4. The Bertz CT molecular complexity index is 3020. The summed E-state index contributed by atoms with van der Waals surface area (Å²) in [6.07, 6.45) is 0. The van der Waals surface area contributed by atoms with Crippen LogP contribution in [0.3, 0.4) is 0 Å². The highest BCUT2D eigenvalue weighted by molar-refractivity contribution is 7.05. The van der Waals surface area contributed by atoms with Crippen molar-refractivity contribution in [1.29, 1.82) is 0 Å². The van der Waals surface area contributed by atoms with E-state index in [1.807, 2.05) is 0 Å². The fraction of sp³-hybridized carbons (Fsp3) is 0.0800. The van der Waals surface area contributed by atoms with E-state index in [0.29, 0.717) is 0 Å². The Balaban J connectivity index is 1.15. The van der Waals surface area contributed by atoms with Gasteiger partial charge in [-0.25, -0.2) is 0 Å². The van der Waals surface area contributed by atoms with Gasteiger partial charge in [0.1, 0.15) is 27.3 Å². The van der Waals surface area contributed by atoms with Crippen LogP contribution in [0.1, 0.15) is 0 Å². The summed E-state index contributed by atoms with van der Waals surface area (Å²) in [7, 11) is -4.14. The minimum Gasteiger partial charge on any atom is -0.456 e. The number of hydrogen-bond acceptors (Lipinski definition) is 2. The average molecular weight is 726 g/mol. The molecule has 2 aliphatic heterocycles. The molecule has 3 heterocycles. The Kier molecular flexibility index (Phi) is 6.60. The summed E-state index contributed by atoms with van der Waals surface area (Å²) in [5, 5.41) is 11.0. The van der Waals surface area contributed by atoms with E-state index in [-0.39, 0.29) is 0 Å². The fourth-order valence-electron chi connectivity index (χ4n) is 9.79. The highest BCUT2D eigenvalue weighted by Gasteiger charge is 2.42. The summed E-state index contributed by atoms with van der Waals surface area (Å²) in [5.41, 5.74) is 13.5. The predicted molar refractivity (Wildman–Crippen MR) is 236 cm³/mol. The summed E-state index contributed by atoms with van der Waals surface area (Å²) in [6.45, 7) is 10.1. The summed E-state index contributed by atoms with van der Waals surface area (Å²) < 4.78 is 6.41. The van der Waals surface area contributed by atoms with Gasteiger partial charge in [-0.3, -0.25) is 0 Å². The quantitative estimate of drug-likeness (QED) is 0.168. The molecule has 0 radical (unpaired) electrons. The molecule has 0 spiro atoms. The van der Waals surface area contributed by atoms with E-state index in [9.17, 15) is 0 Å². The van der Waals surface area contributed by atoms with Crippen LogP contribution < -0.4 is 25.6 Å². The van der Waals surface area contributed by atoms with Crippen molar-refractivity contribution in [1.82, 2.24) is 0 Å². The molecular weight excluding hydrogens is 687 g/mol. The van der Waals surface area contributed by atoms with Crippen LogP contribution in [0.2, 0.25) is 26.2 Å². The molecule has 0 saturated carbocycles. The number of benzene rings is 8. The van der Waals surface area contributed by atoms with Crippen molar-refractivity contribution < 1.29 is 4.42 Å². The maximum atomic E-state index is 6.41. The molecule has 258 valence electrons. The third-order valence-corrected chi connectivity index (χ3v) is 19.5. The molecular formula is C50H39NOSi2. The molecule has 0 unspecified atom stereocenters. The second kappa shape index (κ2) is 11.3. The molecule has 0 fully saturated rings. The van der Waals surface area contributed by atoms with Gasteiger partial charge in [-0.2, -0.15) is 0 Å². The molecule has 0 amide bonds. The van der Waals surface area contributed by atoms with E-state index in [1.165, 1.54) is 92.7 Å². The van der Waals surface area contributed by atoms with Crippen molar-refractivity contribution in [2.45, 2.75) is 26.2 Å². The number of hydrogen-bond donors (Lipinski definition) is 0. The minimum atomic E-state index is -2.09. The van der Waals surface area contributed by atoms with Gasteiger partial charge in [0, 0.05) is 27.8 Å². The number of para-hydroxylation sites is 1. The lowest BCUT2D eigenvalue weighted by atomic mass is 9.98. The summed E-state index contributed by atoms with van der Waals surface area (Å²) in [6, 6.07) is 61.1. The Morgan fingerprint density at radius 3 is 2.09 bits per heavy atom. The first-order chi connectivity index (χ1) is 26.3. The highest BCUT2D eigenvalue weighted by atomic mass is 28.3. The summed E-state index contributed by atoms with van der Waals surface area (Å²) >= 11 is 0. The van der Waals surface area contributed by atoms with Crippen molar-refractivity contribution in [2.24, 2.45) is 0 Å². The molecule has 11 rings (SSSR count). The number of anilines is 3. The van der Waals surface area contributed by atoms with Gasteiger partial charge < -0.3 is 9.32 Å². The number of fused-ring (bicyclic) bond motifs is 11. The predicted octanol–water partition coefficient (Wildman–Crippen LogP) is 11.5. The molecule has 2 aliphatic rings. The Morgan fingerprint density at radius 2 is 1.19 bits per heavy atom. The Morgan fingerprint density at radius 1 is 0.444 bits per heavy atom. The van der Waals surface area contributed by atoms with Crippen molar-refractivity contribution >= 4 is 86.7 Å². The zero-order valence-corrected chi connectivity index (χ0v) is 32.9. The summed E-state index contributed by atoms with van der Waals surface area (Å²) in [5.74, 6) is 0. The summed E-state index contributed by atoms with van der Waals surface area (Å²) in [4.78, 5) is 2.57. The lowest BCUT2D eigenvalue weighted by Crippen LogP contribution is -2.51. The first kappa shape index (κ1) is 31.6. The largest absolute Gasteiger partial charge is 0.456 e. The number of furan rings is 1. The maximum Gasteiger partial charge on any atom is 0.136 e. The minimum absolute atomic E-state index is 0.952. The molecule has 4 heteroatoms. The van der Waals surface area contributed by atoms with E-state index in [0.717, 1.165) is 11.2 Å². The monoisotopic (exact) mass is 725 g/mol. The van der Waals surface area contributed by atoms with Crippen LogP contribution >= 0.6 is 0 Å². The van der Waals surface area contributed by atoms with Crippen molar-refractivity contribution in [2.75, 3.05) is 4.90 Å². The molecule has 0 N–H and O–H groups in total. The van der Waals surface area contributed by atoms with Crippen molar-refractivity contribution in [3.63, 3.8) is 0 Å². The van der Waals surface area contributed by atoms with Gasteiger partial charge in [-0.1, -0.05) is 141 Å². The topological polar surface area (TPSA) is 16.4 Å². The molecule has 0 bridgehead atoms. The second-order valence-electron chi connectivity index (χ2n) is 16.1. The van der Waals surface area contributed by atoms with E-state index in [1.54, 1.807) is 0 Å². The second-order valence-corrected chi connectivity index (χ2v) is 24.7. The molecule has 0 aliphatic carbocycles. The van der Waals surface area contributed by atoms with Crippen LogP contribution in [0.25, 0.3) is 66.1 Å². The number of rotatable bonds is 4. The van der Waals surface area contributed by atoms with Gasteiger partial charge >= 0.3 is 0 Å². The van der Waals surface area contributed by atoms with Gasteiger partial charge in [0.2, 0.25) is 0 Å². The van der Waals surface area contributed by atoms with E-state index in [4.69, 9.17) is 4.42 Å². The smallest absolute Gasteiger partial charge is 0.136 e. The molecule has 9 aromatic rings. The SMILES string of the molecule is C[Si]1(C)c2cc(N(c3cccc(-c4ccc5ccccc5c4)c3)c3cccc4c3[Si](C)(C)c3ccccc3-4)ccc2-c2c1ccc1oc3ccccc3c21. The fourth-order valence-corrected chi connectivity index (χ4v) is 16.3. The Hall–Kier alpha value is -5.95. The van der Waals surface area contributed by atoms with Crippen LogP contribution in [0.15, 0.2) is 168 Å². The van der Waals surface area contributed by atoms with Crippen LogP contribution in [-0.2, 0) is 0 Å². The average Bonchev–Trinajstić information content (AvgIpc) is 3.78. The normalized spacial score (nSPS) is 14.6. The van der Waals surface area contributed by atoms with Gasteiger partial charge in [-0.05, 0) is 113 Å². The molecule has 0 saturated heterocycles. The zero-order chi connectivity index (χ0) is 36.3. The molecule has 2 nitrogen and oxygen atoms in total. The van der Waals surface area contributed by atoms with E-state index in [2.05, 4.69) is 195 Å². The van der Waals surface area contributed by atoms with Gasteiger partial charge in [0.05, 0.1) is 0 Å². The van der Waals surface area contributed by atoms with Crippen LogP contribution in [0, 0.1) is 0 Å². The number of nitrogens with zero attached hydrogens (tertiary/aromatic N) is 1. The van der Waals surface area contributed by atoms with Gasteiger partial charge in [0.25, 0.3) is 0 Å². The highest BCUT2D eigenvalue weighted by Crippen LogP contribution is 2.44. The lowest BCUT2D eigenvalue weighted by Gasteiger charge is -2.32. The Labute approximate surface area is 318 Å². The van der Waals surface area contributed by atoms with Crippen LogP contribution in [0.5, 0.6) is 0 Å². The molecule has 1 aromatic heterocycles.